The van der Waals surface area contributed by atoms with Gasteiger partial charge in [0.1, 0.15) is 6.07 Å². The summed E-state index contributed by atoms with van der Waals surface area (Å²) < 4.78 is 1.77. The predicted octanol–water partition coefficient (Wildman–Crippen LogP) is 1.85. The van der Waals surface area contributed by atoms with Gasteiger partial charge in [-0.25, -0.2) is 4.45 Å². The highest BCUT2D eigenvalue weighted by Gasteiger charge is 2.00. The van der Waals surface area contributed by atoms with Crippen LogP contribution in [0.25, 0.3) is 0 Å². The lowest BCUT2D eigenvalue weighted by atomic mass is 10.3. The molecule has 10 heavy (non-hydrogen) atoms. The number of halogens is 1. The summed E-state index contributed by atoms with van der Waals surface area (Å²) in [5.74, 6) is 0. The third-order valence-electron chi connectivity index (χ3n) is 1.11. The Hall–Kier alpha value is -0.140. The van der Waals surface area contributed by atoms with Gasteiger partial charge in [-0.05, 0) is 29.0 Å². The van der Waals surface area contributed by atoms with Crippen molar-refractivity contribution >= 4 is 28.4 Å². The van der Waals surface area contributed by atoms with Gasteiger partial charge in [0.25, 0.3) is 0 Å². The molecule has 0 N–H and O–H groups in total. The van der Waals surface area contributed by atoms with Gasteiger partial charge in [0, 0.05) is 6.20 Å². The van der Waals surface area contributed by atoms with Crippen LogP contribution in [0.2, 0.25) is 0 Å². The van der Waals surface area contributed by atoms with Crippen molar-refractivity contribution in [2.24, 2.45) is 0 Å². The van der Waals surface area contributed by atoms with E-state index in [4.69, 9.17) is 5.26 Å². The first kappa shape index (κ1) is 7.96. The highest BCUT2D eigenvalue weighted by atomic mass is 127. The SMILES string of the molecule is Cc1nn(PI)cc1C#N. The van der Waals surface area contributed by atoms with Gasteiger partial charge in [-0.1, -0.05) is 0 Å². The second kappa shape index (κ2) is 3.31. The van der Waals surface area contributed by atoms with Gasteiger partial charge in [-0.15, -0.1) is 0 Å². The minimum absolute atomic E-state index is 0.575. The lowest BCUT2D eigenvalue weighted by Crippen LogP contribution is -1.79. The Morgan fingerprint density at radius 1 is 1.90 bits per heavy atom. The van der Waals surface area contributed by atoms with Crippen LogP contribution >= 0.6 is 28.4 Å². The molecule has 0 spiro atoms. The summed E-state index contributed by atoms with van der Waals surface area (Å²) in [7, 11) is 0. The van der Waals surface area contributed by atoms with Crippen LogP contribution in [0.4, 0.5) is 0 Å². The highest BCUT2D eigenvalue weighted by molar-refractivity contribution is 14.2. The number of rotatable bonds is 1. The fourth-order valence-corrected chi connectivity index (χ4v) is 1.72. The van der Waals surface area contributed by atoms with Crippen molar-refractivity contribution in [3.63, 3.8) is 0 Å². The Kier molecular flexibility index (Phi) is 2.64. The minimum Gasteiger partial charge on any atom is -0.244 e. The molecule has 0 aliphatic heterocycles. The largest absolute Gasteiger partial charge is 0.244 e. The number of aromatic nitrogens is 2. The van der Waals surface area contributed by atoms with Crippen molar-refractivity contribution < 1.29 is 0 Å². The van der Waals surface area contributed by atoms with Gasteiger partial charge in [0.05, 0.1) is 17.6 Å². The second-order valence-corrected chi connectivity index (χ2v) is 3.84. The standard InChI is InChI=1S/C5H5IN3P/c1-4-5(2-7)3-9(8-4)10-6/h3,10H,1H3. The number of hydrogen-bond acceptors (Lipinski definition) is 2. The average molecular weight is 265 g/mol. The van der Waals surface area contributed by atoms with Crippen molar-refractivity contribution in [3.05, 3.63) is 17.5 Å². The summed E-state index contributed by atoms with van der Waals surface area (Å²) in [6.45, 7) is 1.84. The third-order valence-corrected chi connectivity index (χ3v) is 2.99. The third kappa shape index (κ3) is 1.47. The Balaban J connectivity index is 3.07. The summed E-state index contributed by atoms with van der Waals surface area (Å²) in [5.41, 5.74) is 1.48. The van der Waals surface area contributed by atoms with E-state index in [-0.39, 0.29) is 0 Å². The maximum absolute atomic E-state index is 8.52. The Labute approximate surface area is 73.7 Å². The molecule has 1 atom stereocenters. The van der Waals surface area contributed by atoms with E-state index in [1.165, 1.54) is 0 Å². The molecule has 0 amide bonds. The molecule has 1 rings (SSSR count). The monoisotopic (exact) mass is 265 g/mol. The Morgan fingerprint density at radius 2 is 2.60 bits per heavy atom. The molecule has 0 aliphatic rings. The van der Waals surface area contributed by atoms with Crippen LogP contribution in [0.5, 0.6) is 0 Å². The van der Waals surface area contributed by atoms with E-state index in [0.29, 0.717) is 11.9 Å². The molecule has 1 heterocycles. The lowest BCUT2D eigenvalue weighted by molar-refractivity contribution is 0.979. The number of hydrogen-bond donors (Lipinski definition) is 0. The normalized spacial score (nSPS) is 10.5. The molecule has 1 aromatic rings. The molecule has 0 radical (unpaired) electrons. The fourth-order valence-electron chi connectivity index (χ4n) is 0.613. The van der Waals surface area contributed by atoms with Crippen LogP contribution in [0.3, 0.4) is 0 Å². The van der Waals surface area contributed by atoms with Crippen molar-refractivity contribution in [2.75, 3.05) is 0 Å². The van der Waals surface area contributed by atoms with Crippen LogP contribution in [-0.2, 0) is 0 Å². The van der Waals surface area contributed by atoms with Crippen LogP contribution in [-0.4, -0.2) is 9.55 Å². The number of aryl methyl sites for hydroxylation is 1. The predicted molar refractivity (Wildman–Crippen MR) is 49.4 cm³/mol. The molecular formula is C5H5IN3P. The first-order valence-corrected chi connectivity index (χ1v) is 6.67. The first-order valence-electron chi connectivity index (χ1n) is 2.61. The van der Waals surface area contributed by atoms with Crippen molar-refractivity contribution in [2.45, 2.75) is 6.92 Å². The number of nitriles is 1. The topological polar surface area (TPSA) is 41.6 Å². The zero-order valence-corrected chi connectivity index (χ0v) is 8.45. The molecule has 3 nitrogen and oxygen atoms in total. The smallest absolute Gasteiger partial charge is 0.103 e. The van der Waals surface area contributed by atoms with Crippen LogP contribution < -0.4 is 0 Å². The van der Waals surface area contributed by atoms with E-state index in [1.807, 2.05) is 6.92 Å². The first-order chi connectivity index (χ1) is 4.77. The van der Waals surface area contributed by atoms with Crippen LogP contribution in [0.1, 0.15) is 11.3 Å². The zero-order valence-electron chi connectivity index (χ0n) is 5.30. The molecular weight excluding hydrogens is 260 g/mol. The quantitative estimate of drug-likeness (QED) is 0.574. The van der Waals surface area contributed by atoms with Crippen molar-refractivity contribution in [1.82, 2.24) is 9.55 Å². The molecule has 1 aromatic heterocycles. The van der Waals surface area contributed by atoms with E-state index >= 15 is 0 Å². The minimum atomic E-state index is 0.575. The van der Waals surface area contributed by atoms with E-state index in [0.717, 1.165) is 5.69 Å². The van der Waals surface area contributed by atoms with E-state index in [9.17, 15) is 0 Å². The maximum Gasteiger partial charge on any atom is 0.103 e. The van der Waals surface area contributed by atoms with Crippen LogP contribution in [0.15, 0.2) is 6.20 Å². The zero-order chi connectivity index (χ0) is 7.56. The lowest BCUT2D eigenvalue weighted by Gasteiger charge is -1.86. The summed E-state index contributed by atoms with van der Waals surface area (Å²) in [6.07, 6.45) is 2.34. The summed E-state index contributed by atoms with van der Waals surface area (Å²) in [5, 5.41) is 12.6. The molecule has 0 aliphatic carbocycles. The second-order valence-electron chi connectivity index (χ2n) is 1.77. The van der Waals surface area contributed by atoms with Crippen LogP contribution in [0, 0.1) is 18.3 Å². The highest BCUT2D eigenvalue weighted by Crippen LogP contribution is 2.23. The van der Waals surface area contributed by atoms with Gasteiger partial charge in [0.2, 0.25) is 0 Å². The number of nitrogens with zero attached hydrogens (tertiary/aromatic N) is 3. The molecule has 0 saturated carbocycles. The molecule has 0 saturated heterocycles. The average Bonchev–Trinajstić information content (AvgIpc) is 2.30. The molecule has 0 aromatic carbocycles. The van der Waals surface area contributed by atoms with Gasteiger partial charge in [-0.2, -0.15) is 10.4 Å². The van der Waals surface area contributed by atoms with Crippen molar-refractivity contribution in [3.8, 4) is 6.07 Å². The van der Waals surface area contributed by atoms with E-state index in [2.05, 4.69) is 33.2 Å². The molecule has 0 fully saturated rings. The summed E-state index contributed by atoms with van der Waals surface area (Å²) >= 11 is 2.22. The fraction of sp³-hybridized carbons (Fsp3) is 0.200. The summed E-state index contributed by atoms with van der Waals surface area (Å²) in [4.78, 5) is 0. The van der Waals surface area contributed by atoms with E-state index in [1.54, 1.807) is 10.6 Å². The summed E-state index contributed by atoms with van der Waals surface area (Å²) in [6, 6.07) is 2.07. The van der Waals surface area contributed by atoms with Gasteiger partial charge in [-0.3, -0.25) is 0 Å². The molecule has 0 bridgehead atoms. The molecule has 1 unspecified atom stereocenters. The molecule has 5 heteroatoms. The Morgan fingerprint density at radius 3 is 2.90 bits per heavy atom. The van der Waals surface area contributed by atoms with Gasteiger partial charge >= 0.3 is 0 Å². The Bertz CT molecular complexity index is 275. The maximum atomic E-state index is 8.52. The van der Waals surface area contributed by atoms with E-state index < -0.39 is 0 Å². The van der Waals surface area contributed by atoms with Gasteiger partial charge < -0.3 is 0 Å². The molecule has 52 valence electrons. The van der Waals surface area contributed by atoms with Crippen molar-refractivity contribution in [1.29, 1.82) is 5.26 Å². The van der Waals surface area contributed by atoms with Gasteiger partial charge in [0.15, 0.2) is 0 Å².